The van der Waals surface area contributed by atoms with Gasteiger partial charge in [-0.25, -0.2) is 4.79 Å². The number of ether oxygens (including phenoxy) is 3. The predicted molar refractivity (Wildman–Crippen MR) is 112 cm³/mol. The number of benzene rings is 1. The van der Waals surface area contributed by atoms with Gasteiger partial charge in [-0.05, 0) is 37.5 Å². The van der Waals surface area contributed by atoms with Crippen molar-refractivity contribution in [2.45, 2.75) is 63.3 Å². The lowest BCUT2D eigenvalue weighted by molar-refractivity contribution is -0.116. The van der Waals surface area contributed by atoms with Crippen LogP contribution in [0.3, 0.4) is 0 Å². The Morgan fingerprint density at radius 1 is 1.09 bits per heavy atom. The Morgan fingerprint density at radius 2 is 1.84 bits per heavy atom. The molecule has 0 saturated carbocycles. The van der Waals surface area contributed by atoms with Crippen molar-refractivity contribution in [1.82, 2.24) is 0 Å². The van der Waals surface area contributed by atoms with Crippen molar-refractivity contribution < 1.29 is 44.2 Å². The van der Waals surface area contributed by atoms with Gasteiger partial charge in [-0.1, -0.05) is 18.2 Å². The fraction of sp³-hybridized carbons (Fsp3) is 0.478. The second-order valence-corrected chi connectivity index (χ2v) is 7.85. The lowest BCUT2D eigenvalue weighted by Crippen LogP contribution is -2.35. The summed E-state index contributed by atoms with van der Waals surface area (Å²) in [5, 5.41) is 39.7. The van der Waals surface area contributed by atoms with Gasteiger partial charge in [0.1, 0.15) is 41.5 Å². The van der Waals surface area contributed by atoms with Crippen LogP contribution < -0.4 is 4.74 Å². The number of fused-ring (bicyclic) bond motifs is 1. The Bertz CT molecular complexity index is 892. The predicted octanol–water partition coefficient (Wildman–Crippen LogP) is 1.16. The van der Waals surface area contributed by atoms with Crippen molar-refractivity contribution in [1.29, 1.82) is 0 Å². The minimum Gasteiger partial charge on any atom is -0.507 e. The maximum atomic E-state index is 12.7. The van der Waals surface area contributed by atoms with Crippen LogP contribution in [0.2, 0.25) is 0 Å². The third-order valence-electron chi connectivity index (χ3n) is 5.24. The average Bonchev–Trinajstić information content (AvgIpc) is 3.00. The van der Waals surface area contributed by atoms with Crippen molar-refractivity contribution in [3.63, 3.8) is 0 Å². The van der Waals surface area contributed by atoms with E-state index in [0.717, 1.165) is 12.5 Å². The lowest BCUT2D eigenvalue weighted by Gasteiger charge is -2.19. The first-order chi connectivity index (χ1) is 15.3. The molecule has 0 radical (unpaired) electrons. The summed E-state index contributed by atoms with van der Waals surface area (Å²) in [6, 6.07) is 2.52. The molecule has 5 atom stereocenters. The number of hydrogen-bond acceptors (Lipinski definition) is 9. The summed E-state index contributed by atoms with van der Waals surface area (Å²) < 4.78 is 16.3. The van der Waals surface area contributed by atoms with Crippen LogP contribution in [-0.4, -0.2) is 69.5 Å². The van der Waals surface area contributed by atoms with Crippen molar-refractivity contribution in [2.24, 2.45) is 0 Å². The van der Waals surface area contributed by atoms with Gasteiger partial charge < -0.3 is 34.6 Å². The highest BCUT2D eigenvalue weighted by Gasteiger charge is 2.44. The Hall–Kier alpha value is -2.72. The number of carbonyl (C=O) groups is 2. The lowest BCUT2D eigenvalue weighted by atomic mass is 10.00. The van der Waals surface area contributed by atoms with Crippen molar-refractivity contribution in [3.8, 4) is 11.5 Å². The van der Waals surface area contributed by atoms with Crippen molar-refractivity contribution >= 4 is 11.8 Å². The number of allylic oxidation sites excluding steroid dienone is 3. The molecule has 0 unspecified atom stereocenters. The highest BCUT2D eigenvalue weighted by atomic mass is 16.7. The number of ketones is 1. The van der Waals surface area contributed by atoms with Crippen LogP contribution in [0.25, 0.3) is 0 Å². The second kappa shape index (κ2) is 10.7. The fourth-order valence-electron chi connectivity index (χ4n) is 3.55. The van der Waals surface area contributed by atoms with Crippen LogP contribution in [0, 0.1) is 0 Å². The molecule has 0 spiro atoms. The number of phenolic OH excluding ortho intramolecular Hbond substituents is 1. The normalized spacial score (nSPS) is 31.3. The molecule has 1 aromatic carbocycles. The molecule has 1 fully saturated rings. The zero-order valence-corrected chi connectivity index (χ0v) is 17.7. The van der Waals surface area contributed by atoms with Crippen molar-refractivity contribution in [2.75, 3.05) is 6.61 Å². The first kappa shape index (κ1) is 23.9. The van der Waals surface area contributed by atoms with Gasteiger partial charge in [-0.2, -0.15) is 0 Å². The number of aromatic hydroxyl groups is 1. The average molecular weight is 448 g/mol. The molecule has 2 heterocycles. The SMILES string of the molecule is C[C@@H]1C/C=C\CC/C=C\C(=O)Cc2cc(O[C@@H]3O[C@H](CO)[C@@H](O)[C@H]3O)cc(O)c2C(=O)O1. The number of aliphatic hydroxyl groups excluding tert-OH is 3. The van der Waals surface area contributed by atoms with Gasteiger partial charge in [0.25, 0.3) is 0 Å². The largest absolute Gasteiger partial charge is 0.507 e. The number of cyclic esters (lactones) is 1. The van der Waals surface area contributed by atoms with E-state index < -0.39 is 49.0 Å². The van der Waals surface area contributed by atoms with E-state index in [1.54, 1.807) is 13.0 Å². The first-order valence-electron chi connectivity index (χ1n) is 10.5. The molecule has 4 N–H and O–H groups in total. The molecule has 1 saturated heterocycles. The fourth-order valence-corrected chi connectivity index (χ4v) is 3.55. The number of hydrogen-bond donors (Lipinski definition) is 4. The molecular weight excluding hydrogens is 420 g/mol. The van der Waals surface area contributed by atoms with E-state index in [1.807, 2.05) is 12.2 Å². The van der Waals surface area contributed by atoms with E-state index >= 15 is 0 Å². The summed E-state index contributed by atoms with van der Waals surface area (Å²) in [4.78, 5) is 25.2. The van der Waals surface area contributed by atoms with Gasteiger partial charge in [-0.15, -0.1) is 0 Å². The number of carbonyl (C=O) groups excluding carboxylic acids is 2. The summed E-state index contributed by atoms with van der Waals surface area (Å²) >= 11 is 0. The quantitative estimate of drug-likeness (QED) is 0.396. The van der Waals surface area contributed by atoms with Gasteiger partial charge in [-0.3, -0.25) is 4.79 Å². The molecule has 0 bridgehead atoms. The number of phenols is 1. The molecule has 9 heteroatoms. The Balaban J connectivity index is 1.91. The molecular formula is C23H28O9. The Morgan fingerprint density at radius 3 is 2.56 bits per heavy atom. The van der Waals surface area contributed by atoms with E-state index in [1.165, 1.54) is 12.1 Å². The van der Waals surface area contributed by atoms with Crippen LogP contribution >= 0.6 is 0 Å². The molecule has 0 aromatic heterocycles. The zero-order chi connectivity index (χ0) is 23.3. The number of rotatable bonds is 3. The number of aliphatic hydroxyl groups is 3. The van der Waals surface area contributed by atoms with Crippen molar-refractivity contribution in [3.05, 3.63) is 47.6 Å². The minimum absolute atomic E-state index is 0.0118. The van der Waals surface area contributed by atoms with E-state index in [2.05, 4.69) is 0 Å². The highest BCUT2D eigenvalue weighted by Crippen LogP contribution is 2.32. The second-order valence-electron chi connectivity index (χ2n) is 7.85. The summed E-state index contributed by atoms with van der Waals surface area (Å²) in [7, 11) is 0. The molecule has 0 amide bonds. The van der Waals surface area contributed by atoms with Gasteiger partial charge >= 0.3 is 5.97 Å². The molecule has 32 heavy (non-hydrogen) atoms. The van der Waals surface area contributed by atoms with Gasteiger partial charge in [0.2, 0.25) is 6.29 Å². The molecule has 1 aromatic rings. The van der Waals surface area contributed by atoms with Gasteiger partial charge in [0.15, 0.2) is 5.78 Å². The topological polar surface area (TPSA) is 143 Å². The van der Waals surface area contributed by atoms with Crippen LogP contribution in [0.1, 0.15) is 42.1 Å². The highest BCUT2D eigenvalue weighted by molar-refractivity contribution is 5.98. The van der Waals surface area contributed by atoms with Crippen LogP contribution in [-0.2, 0) is 20.7 Å². The first-order valence-corrected chi connectivity index (χ1v) is 10.5. The van der Waals surface area contributed by atoms with E-state index in [-0.39, 0.29) is 29.1 Å². The minimum atomic E-state index is -1.44. The standard InChI is InChI=1S/C23H28O9/c1-13-7-5-3-2-4-6-8-15(25)9-14-10-16(11-17(26)19(14)22(29)30-13)31-23-21(28)20(27)18(12-24)32-23/h3,5-6,8,10-11,13,18,20-21,23-24,26-28H,2,4,7,9,12H2,1H3/b5-3-,8-6-/t13-,18-,20-,21-,23-/m1/s1. The van der Waals surface area contributed by atoms with Crippen LogP contribution in [0.5, 0.6) is 11.5 Å². The smallest absolute Gasteiger partial charge is 0.342 e. The molecule has 2 aliphatic rings. The summed E-state index contributed by atoms with van der Waals surface area (Å²) in [5.74, 6) is -1.50. The molecule has 174 valence electrons. The van der Waals surface area contributed by atoms with Crippen LogP contribution in [0.15, 0.2) is 36.4 Å². The Labute approximate surface area is 185 Å². The van der Waals surface area contributed by atoms with Gasteiger partial charge in [0, 0.05) is 18.9 Å². The molecule has 3 rings (SSSR count). The molecule has 0 aliphatic carbocycles. The number of esters is 1. The monoisotopic (exact) mass is 448 g/mol. The van der Waals surface area contributed by atoms with Crippen LogP contribution in [0.4, 0.5) is 0 Å². The summed E-state index contributed by atoms with van der Waals surface area (Å²) in [6.07, 6.45) is 3.22. The molecule has 2 aliphatic heterocycles. The third-order valence-corrected chi connectivity index (χ3v) is 5.24. The summed E-state index contributed by atoms with van der Waals surface area (Å²) in [6.45, 7) is 1.21. The zero-order valence-electron chi connectivity index (χ0n) is 17.7. The third kappa shape index (κ3) is 5.74. The molecule has 9 nitrogen and oxygen atoms in total. The van der Waals surface area contributed by atoms with E-state index in [4.69, 9.17) is 14.2 Å². The summed E-state index contributed by atoms with van der Waals surface area (Å²) in [5.41, 5.74) is 0.0411. The Kier molecular flexibility index (Phi) is 8.03. The maximum Gasteiger partial charge on any atom is 0.342 e. The van der Waals surface area contributed by atoms with E-state index in [0.29, 0.717) is 12.8 Å². The maximum absolute atomic E-state index is 12.7. The van der Waals surface area contributed by atoms with Gasteiger partial charge in [0.05, 0.1) is 6.61 Å². The van der Waals surface area contributed by atoms with E-state index in [9.17, 15) is 30.0 Å².